The Balaban J connectivity index is 2.33. The van der Waals surface area contributed by atoms with Crippen LogP contribution in [-0.4, -0.2) is 52.8 Å². The fourth-order valence-corrected chi connectivity index (χ4v) is 3.88. The Bertz CT molecular complexity index is 743. The zero-order valence-corrected chi connectivity index (χ0v) is 21.0. The van der Waals surface area contributed by atoms with Crippen molar-refractivity contribution < 1.29 is 19.1 Å². The molecule has 1 aliphatic rings. The van der Waals surface area contributed by atoms with Crippen molar-refractivity contribution in [2.24, 2.45) is 0 Å². The second-order valence-electron chi connectivity index (χ2n) is 8.78. The first-order chi connectivity index (χ1) is 12.8. The molecule has 28 heavy (non-hydrogen) atoms. The molecule has 0 radical (unpaired) electrons. The molecule has 156 valence electrons. The van der Waals surface area contributed by atoms with Gasteiger partial charge in [-0.15, -0.1) is 0 Å². The number of carbonyl (C=O) groups excluding carboxylic acids is 2. The molecule has 1 heterocycles. The summed E-state index contributed by atoms with van der Waals surface area (Å²) < 4.78 is 13.1. The van der Waals surface area contributed by atoms with Gasteiger partial charge in [-0.2, -0.15) is 0 Å². The van der Waals surface area contributed by atoms with Crippen molar-refractivity contribution in [3.8, 4) is 0 Å². The highest BCUT2D eigenvalue weighted by molar-refractivity contribution is 14.1. The van der Waals surface area contributed by atoms with Crippen LogP contribution in [0.25, 0.3) is 0 Å². The van der Waals surface area contributed by atoms with Crippen molar-refractivity contribution in [3.63, 3.8) is 0 Å². The number of hydrogen-bond acceptors (Lipinski definition) is 4. The van der Waals surface area contributed by atoms with Crippen molar-refractivity contribution in [1.82, 2.24) is 9.80 Å². The van der Waals surface area contributed by atoms with E-state index in [1.165, 1.54) is 0 Å². The molecule has 0 spiro atoms. The summed E-state index contributed by atoms with van der Waals surface area (Å²) in [4.78, 5) is 28.8. The fourth-order valence-electron chi connectivity index (χ4n) is 2.85. The second kappa shape index (κ2) is 8.77. The third kappa shape index (κ3) is 6.50. The van der Waals surface area contributed by atoms with E-state index in [4.69, 9.17) is 9.47 Å². The van der Waals surface area contributed by atoms with Gasteiger partial charge in [0.1, 0.15) is 11.2 Å². The van der Waals surface area contributed by atoms with Gasteiger partial charge in [0.15, 0.2) is 0 Å². The zero-order chi connectivity index (χ0) is 21.3. The minimum Gasteiger partial charge on any atom is -0.444 e. The van der Waals surface area contributed by atoms with Crippen molar-refractivity contribution in [3.05, 3.63) is 31.8 Å². The summed E-state index contributed by atoms with van der Waals surface area (Å²) >= 11 is 5.83. The van der Waals surface area contributed by atoms with Crippen LogP contribution in [0.1, 0.15) is 53.1 Å². The SMILES string of the molecule is CC(C)(C)OC(=O)N1CCN(C(=O)OC(C)(C)C)C(c2cc(I)ccc2Br)C1. The average Bonchev–Trinajstić information content (AvgIpc) is 2.53. The van der Waals surface area contributed by atoms with E-state index < -0.39 is 11.2 Å². The monoisotopic (exact) mass is 566 g/mol. The zero-order valence-electron chi connectivity index (χ0n) is 17.2. The van der Waals surface area contributed by atoms with Gasteiger partial charge in [0, 0.05) is 27.7 Å². The molecule has 1 aromatic rings. The third-order valence-corrected chi connectivity index (χ3v) is 5.37. The molecule has 0 aromatic heterocycles. The fraction of sp³-hybridized carbons (Fsp3) is 0.600. The van der Waals surface area contributed by atoms with Gasteiger partial charge >= 0.3 is 12.2 Å². The van der Waals surface area contributed by atoms with Crippen LogP contribution in [0.4, 0.5) is 9.59 Å². The van der Waals surface area contributed by atoms with Crippen molar-refractivity contribution >= 4 is 50.7 Å². The predicted molar refractivity (Wildman–Crippen MR) is 120 cm³/mol. The lowest BCUT2D eigenvalue weighted by atomic mass is 10.0. The Hall–Kier alpha value is -1.03. The second-order valence-corrected chi connectivity index (χ2v) is 10.9. The van der Waals surface area contributed by atoms with E-state index in [1.54, 1.807) is 9.80 Å². The quantitative estimate of drug-likeness (QED) is 0.416. The Kier molecular flexibility index (Phi) is 7.28. The Morgan fingerprint density at radius 3 is 2.18 bits per heavy atom. The van der Waals surface area contributed by atoms with Crippen LogP contribution in [0.5, 0.6) is 0 Å². The predicted octanol–water partition coefficient (Wildman–Crippen LogP) is 5.58. The van der Waals surface area contributed by atoms with E-state index in [0.717, 1.165) is 13.6 Å². The highest BCUT2D eigenvalue weighted by atomic mass is 127. The molecule has 6 nitrogen and oxygen atoms in total. The van der Waals surface area contributed by atoms with Gasteiger partial charge in [0.2, 0.25) is 0 Å². The molecule has 0 saturated carbocycles. The minimum absolute atomic E-state index is 0.333. The Labute approximate surface area is 189 Å². The maximum Gasteiger partial charge on any atom is 0.410 e. The highest BCUT2D eigenvalue weighted by Crippen LogP contribution is 2.33. The number of rotatable bonds is 1. The van der Waals surface area contributed by atoms with Crippen molar-refractivity contribution in [2.75, 3.05) is 19.6 Å². The van der Waals surface area contributed by atoms with E-state index >= 15 is 0 Å². The van der Waals surface area contributed by atoms with Crippen LogP contribution in [0.15, 0.2) is 22.7 Å². The maximum absolute atomic E-state index is 12.9. The van der Waals surface area contributed by atoms with Gasteiger partial charge in [-0.05, 0) is 87.9 Å². The highest BCUT2D eigenvalue weighted by Gasteiger charge is 2.38. The first-order valence-electron chi connectivity index (χ1n) is 9.19. The molecule has 1 fully saturated rings. The number of amides is 2. The van der Waals surface area contributed by atoms with E-state index in [1.807, 2.05) is 59.7 Å². The number of hydrogen-bond donors (Lipinski definition) is 0. The maximum atomic E-state index is 12.9. The summed E-state index contributed by atoms with van der Waals surface area (Å²) in [6, 6.07) is 5.63. The van der Waals surface area contributed by atoms with Gasteiger partial charge in [0.05, 0.1) is 6.04 Å². The number of halogens is 2. The molecule has 2 amide bonds. The molecule has 2 rings (SSSR count). The molecular formula is C20H28BrIN2O4. The number of nitrogens with zero attached hydrogens (tertiary/aromatic N) is 2. The summed E-state index contributed by atoms with van der Waals surface area (Å²) in [5.41, 5.74) is -0.227. The lowest BCUT2D eigenvalue weighted by Gasteiger charge is -2.42. The third-order valence-electron chi connectivity index (χ3n) is 3.98. The Morgan fingerprint density at radius 2 is 1.61 bits per heavy atom. The normalized spacial score (nSPS) is 18.1. The van der Waals surface area contributed by atoms with Gasteiger partial charge in [0.25, 0.3) is 0 Å². The molecular weight excluding hydrogens is 539 g/mol. The summed E-state index contributed by atoms with van der Waals surface area (Å²) in [5.74, 6) is 0. The van der Waals surface area contributed by atoms with E-state index in [2.05, 4.69) is 38.5 Å². The lowest BCUT2D eigenvalue weighted by Crippen LogP contribution is -2.54. The van der Waals surface area contributed by atoms with Crippen LogP contribution in [-0.2, 0) is 9.47 Å². The largest absolute Gasteiger partial charge is 0.444 e. The number of ether oxygens (including phenoxy) is 2. The van der Waals surface area contributed by atoms with Gasteiger partial charge < -0.3 is 14.4 Å². The van der Waals surface area contributed by atoms with Gasteiger partial charge in [-0.1, -0.05) is 15.9 Å². The van der Waals surface area contributed by atoms with E-state index in [-0.39, 0.29) is 18.2 Å². The standard InChI is InChI=1S/C20H28BrIN2O4/c1-19(2,3)27-17(25)23-9-10-24(18(26)28-20(4,5)6)16(12-23)14-11-13(22)7-8-15(14)21/h7-8,11,16H,9-10,12H2,1-6H3. The van der Waals surface area contributed by atoms with Crippen LogP contribution in [0, 0.1) is 3.57 Å². The van der Waals surface area contributed by atoms with Gasteiger partial charge in [-0.3, -0.25) is 4.90 Å². The molecule has 0 bridgehead atoms. The molecule has 1 atom stereocenters. The van der Waals surface area contributed by atoms with Crippen LogP contribution in [0.3, 0.4) is 0 Å². The van der Waals surface area contributed by atoms with Crippen LogP contribution >= 0.6 is 38.5 Å². The first-order valence-corrected chi connectivity index (χ1v) is 11.1. The molecule has 1 unspecified atom stereocenters. The summed E-state index contributed by atoms with van der Waals surface area (Å²) in [7, 11) is 0. The molecule has 0 aliphatic carbocycles. The molecule has 1 saturated heterocycles. The molecule has 0 N–H and O–H groups in total. The lowest BCUT2D eigenvalue weighted by molar-refractivity contribution is -0.0153. The summed E-state index contributed by atoms with van der Waals surface area (Å²) in [5, 5.41) is 0. The Morgan fingerprint density at radius 1 is 1.04 bits per heavy atom. The van der Waals surface area contributed by atoms with Crippen molar-refractivity contribution in [2.45, 2.75) is 58.8 Å². The molecule has 1 aliphatic heterocycles. The number of carbonyl (C=O) groups is 2. The molecule has 1 aromatic carbocycles. The van der Waals surface area contributed by atoms with Crippen molar-refractivity contribution in [1.29, 1.82) is 0 Å². The smallest absolute Gasteiger partial charge is 0.410 e. The van der Waals surface area contributed by atoms with Crippen LogP contribution in [0.2, 0.25) is 0 Å². The summed E-state index contributed by atoms with van der Waals surface area (Å²) in [6.45, 7) is 12.2. The van der Waals surface area contributed by atoms with E-state index in [9.17, 15) is 9.59 Å². The average molecular weight is 567 g/mol. The molecule has 8 heteroatoms. The number of piperazine rings is 1. The first kappa shape index (κ1) is 23.3. The van der Waals surface area contributed by atoms with Gasteiger partial charge in [-0.25, -0.2) is 9.59 Å². The van der Waals surface area contributed by atoms with Crippen LogP contribution < -0.4 is 0 Å². The number of benzene rings is 1. The van der Waals surface area contributed by atoms with E-state index in [0.29, 0.717) is 19.6 Å². The summed E-state index contributed by atoms with van der Waals surface area (Å²) in [6.07, 6.45) is -0.754. The minimum atomic E-state index is -0.591. The topological polar surface area (TPSA) is 59.1 Å².